The Bertz CT molecular complexity index is 1780. The molecule has 1 fully saturated rings. The molecule has 1 unspecified atom stereocenters. The molecule has 1 aliphatic heterocycles. The van der Waals surface area contributed by atoms with Gasteiger partial charge in [-0.25, -0.2) is 9.59 Å². The van der Waals surface area contributed by atoms with E-state index in [0.29, 0.717) is 30.2 Å². The van der Waals surface area contributed by atoms with Crippen LogP contribution < -0.4 is 10.5 Å². The number of carbonyl (C=O) groups excluding carboxylic acids is 2. The van der Waals surface area contributed by atoms with Gasteiger partial charge in [0.05, 0.1) is 12.2 Å². The molecule has 5 rings (SSSR count). The molecule has 0 saturated carbocycles. The van der Waals surface area contributed by atoms with Crippen molar-refractivity contribution in [2.24, 2.45) is 0 Å². The molecule has 0 bridgehead atoms. The highest BCUT2D eigenvalue weighted by molar-refractivity contribution is 7.99. The van der Waals surface area contributed by atoms with Gasteiger partial charge in [-0.1, -0.05) is 78.0 Å². The average molecular weight is 703 g/mol. The number of rotatable bonds is 11. The van der Waals surface area contributed by atoms with Crippen LogP contribution >= 0.6 is 23.4 Å². The fourth-order valence-electron chi connectivity index (χ4n) is 5.72. The van der Waals surface area contributed by atoms with Gasteiger partial charge >= 0.3 is 12.1 Å². The first-order valence-corrected chi connectivity index (χ1v) is 17.4. The summed E-state index contributed by atoms with van der Waals surface area (Å²) in [7, 11) is 0. The number of benzene rings is 4. The summed E-state index contributed by atoms with van der Waals surface area (Å²) in [6.45, 7) is 9.52. The summed E-state index contributed by atoms with van der Waals surface area (Å²) < 4.78 is 23.9. The quantitative estimate of drug-likeness (QED) is 0.122. The van der Waals surface area contributed by atoms with Crippen molar-refractivity contribution in [3.05, 3.63) is 119 Å². The number of amides is 1. The second kappa shape index (κ2) is 15.2. The molecule has 8 nitrogen and oxygen atoms in total. The molecule has 0 aliphatic carbocycles. The van der Waals surface area contributed by atoms with Crippen LogP contribution in [0.1, 0.15) is 62.5 Å². The minimum Gasteiger partial charge on any atom is -0.489 e. The van der Waals surface area contributed by atoms with E-state index in [0.717, 1.165) is 26.7 Å². The SMILES string of the molecule is CC(C)(C)OC(=O)N1C(CCc2ccc(Sc3cccc(OCc4ccccc4)c3)cc2Cl)(COC(=O)c2ccccc2N)COC1(C)C. The largest absolute Gasteiger partial charge is 0.489 e. The van der Waals surface area contributed by atoms with E-state index in [1.54, 1.807) is 54.8 Å². The fourth-order valence-corrected chi connectivity index (χ4v) is 6.97. The van der Waals surface area contributed by atoms with E-state index in [4.69, 9.17) is 36.3 Å². The van der Waals surface area contributed by atoms with Gasteiger partial charge in [-0.2, -0.15) is 0 Å². The minimum atomic E-state index is -1.04. The predicted octanol–water partition coefficient (Wildman–Crippen LogP) is 9.18. The highest BCUT2D eigenvalue weighted by atomic mass is 35.5. The van der Waals surface area contributed by atoms with Gasteiger partial charge in [0.15, 0.2) is 0 Å². The molecular formula is C39H43ClN2O6S. The van der Waals surface area contributed by atoms with Crippen LogP contribution in [0.25, 0.3) is 0 Å². The van der Waals surface area contributed by atoms with Crippen molar-refractivity contribution < 1.29 is 28.5 Å². The van der Waals surface area contributed by atoms with E-state index in [1.165, 1.54) is 0 Å². The van der Waals surface area contributed by atoms with Crippen LogP contribution in [0.3, 0.4) is 0 Å². The first-order valence-electron chi connectivity index (χ1n) is 16.2. The van der Waals surface area contributed by atoms with Crippen LogP contribution in [0, 0.1) is 0 Å². The van der Waals surface area contributed by atoms with E-state index < -0.39 is 28.9 Å². The third-order valence-corrected chi connectivity index (χ3v) is 9.44. The van der Waals surface area contributed by atoms with Crippen molar-refractivity contribution in [3.8, 4) is 5.75 Å². The smallest absolute Gasteiger partial charge is 0.413 e. The molecule has 0 radical (unpaired) electrons. The Morgan fingerprint density at radius 1 is 0.939 bits per heavy atom. The van der Waals surface area contributed by atoms with Gasteiger partial charge in [0, 0.05) is 20.5 Å². The number of nitrogens with two attached hydrogens (primary N) is 1. The number of nitrogen functional groups attached to an aromatic ring is 1. The first-order chi connectivity index (χ1) is 23.2. The second-order valence-corrected chi connectivity index (χ2v) is 15.1. The van der Waals surface area contributed by atoms with Crippen LogP contribution in [-0.4, -0.2) is 47.0 Å². The van der Waals surface area contributed by atoms with Gasteiger partial charge in [0.2, 0.25) is 0 Å². The van der Waals surface area contributed by atoms with E-state index in [-0.39, 0.29) is 18.8 Å². The summed E-state index contributed by atoms with van der Waals surface area (Å²) in [5.74, 6) is 0.203. The molecule has 1 saturated heterocycles. The summed E-state index contributed by atoms with van der Waals surface area (Å²) in [5, 5.41) is 0.590. The van der Waals surface area contributed by atoms with Crippen molar-refractivity contribution in [3.63, 3.8) is 0 Å². The summed E-state index contributed by atoms with van der Waals surface area (Å²) in [4.78, 5) is 30.4. The van der Waals surface area contributed by atoms with Crippen LogP contribution in [0.2, 0.25) is 5.02 Å². The Balaban J connectivity index is 1.32. The summed E-state index contributed by atoms with van der Waals surface area (Å²) in [6, 6.07) is 30.7. The molecule has 2 N–H and O–H groups in total. The number of esters is 1. The molecule has 1 atom stereocenters. The maximum absolute atomic E-state index is 13.7. The number of para-hydroxylation sites is 1. The lowest BCUT2D eigenvalue weighted by atomic mass is 9.90. The maximum Gasteiger partial charge on any atom is 0.413 e. The lowest BCUT2D eigenvalue weighted by molar-refractivity contribution is -0.0753. The summed E-state index contributed by atoms with van der Waals surface area (Å²) >= 11 is 8.46. The molecule has 4 aromatic rings. The van der Waals surface area contributed by atoms with Crippen LogP contribution in [0.4, 0.5) is 10.5 Å². The molecule has 1 aliphatic rings. The van der Waals surface area contributed by atoms with Crippen molar-refractivity contribution in [1.82, 2.24) is 4.90 Å². The molecule has 1 amide bonds. The lowest BCUT2D eigenvalue weighted by Gasteiger charge is -2.42. The standard InChI is InChI=1S/C39H43ClN2O6S/c1-37(2,3)48-36(44)42-38(4,5)47-26-39(42,25-46-35(43)32-16-9-10-17-34(32)41)21-20-28-18-19-31(23-33(28)40)49-30-15-11-14-29(22-30)45-24-27-12-7-6-8-13-27/h6-19,22-23H,20-21,24-26,41H2,1-5H3. The van der Waals surface area contributed by atoms with Crippen LogP contribution in [0.15, 0.2) is 107 Å². The summed E-state index contributed by atoms with van der Waals surface area (Å²) in [5.41, 5.74) is 5.79. The molecule has 4 aromatic carbocycles. The molecule has 1 heterocycles. The normalized spacial score (nSPS) is 17.1. The van der Waals surface area contributed by atoms with E-state index in [9.17, 15) is 9.59 Å². The highest BCUT2D eigenvalue weighted by Crippen LogP contribution is 2.41. The fraction of sp³-hybridized carbons (Fsp3) is 0.333. The lowest BCUT2D eigenvalue weighted by Crippen LogP contribution is -2.59. The maximum atomic E-state index is 13.7. The number of nitrogens with zero attached hydrogens (tertiary/aromatic N) is 1. The zero-order chi connectivity index (χ0) is 35.2. The Kier molecular flexibility index (Phi) is 11.2. The average Bonchev–Trinajstić information content (AvgIpc) is 3.32. The Labute approximate surface area is 297 Å². The third-order valence-electron chi connectivity index (χ3n) is 8.11. The highest BCUT2D eigenvalue weighted by Gasteiger charge is 2.56. The van der Waals surface area contributed by atoms with Crippen molar-refractivity contribution in [2.75, 3.05) is 18.9 Å². The zero-order valence-corrected chi connectivity index (χ0v) is 30.1. The molecule has 0 aromatic heterocycles. The number of anilines is 1. The molecular weight excluding hydrogens is 660 g/mol. The number of carbonyl (C=O) groups is 2. The second-order valence-electron chi connectivity index (χ2n) is 13.5. The Morgan fingerprint density at radius 2 is 1.65 bits per heavy atom. The summed E-state index contributed by atoms with van der Waals surface area (Å²) in [6.07, 6.45) is 0.314. The van der Waals surface area contributed by atoms with Gasteiger partial charge in [0.25, 0.3) is 0 Å². The van der Waals surface area contributed by atoms with Crippen molar-refractivity contribution in [1.29, 1.82) is 0 Å². The van der Waals surface area contributed by atoms with Crippen LogP contribution in [-0.2, 0) is 27.2 Å². The molecule has 10 heteroatoms. The molecule has 258 valence electrons. The number of ether oxygens (including phenoxy) is 4. The van der Waals surface area contributed by atoms with Gasteiger partial charge in [-0.15, -0.1) is 0 Å². The van der Waals surface area contributed by atoms with Gasteiger partial charge < -0.3 is 24.7 Å². The van der Waals surface area contributed by atoms with E-state index in [2.05, 4.69) is 0 Å². The number of hydrogen-bond donors (Lipinski definition) is 1. The van der Waals surface area contributed by atoms with Crippen LogP contribution in [0.5, 0.6) is 5.75 Å². The number of hydrogen-bond acceptors (Lipinski definition) is 8. The Hall–Kier alpha value is -4.18. The van der Waals surface area contributed by atoms with Crippen molar-refractivity contribution in [2.45, 2.75) is 80.7 Å². The van der Waals surface area contributed by atoms with E-state index >= 15 is 0 Å². The molecule has 49 heavy (non-hydrogen) atoms. The Morgan fingerprint density at radius 3 is 2.37 bits per heavy atom. The number of aryl methyl sites for hydroxylation is 1. The third kappa shape index (κ3) is 9.29. The van der Waals surface area contributed by atoms with Gasteiger partial charge in [0.1, 0.15) is 35.8 Å². The van der Waals surface area contributed by atoms with Gasteiger partial charge in [-0.05, 0) is 101 Å². The first kappa shape index (κ1) is 36.1. The zero-order valence-electron chi connectivity index (χ0n) is 28.5. The molecule has 0 spiro atoms. The topological polar surface area (TPSA) is 100 Å². The van der Waals surface area contributed by atoms with E-state index in [1.807, 2.05) is 93.6 Å². The minimum absolute atomic E-state index is 0.128. The van der Waals surface area contributed by atoms with Crippen molar-refractivity contribution >= 4 is 41.1 Å². The number of halogens is 1. The monoisotopic (exact) mass is 702 g/mol. The predicted molar refractivity (Wildman–Crippen MR) is 193 cm³/mol. The van der Waals surface area contributed by atoms with Gasteiger partial charge in [-0.3, -0.25) is 4.90 Å².